The quantitative estimate of drug-likeness (QED) is 0.734. The van der Waals surface area contributed by atoms with Gasteiger partial charge in [0.15, 0.2) is 0 Å². The van der Waals surface area contributed by atoms with E-state index in [1.54, 1.807) is 12.1 Å². The lowest BCUT2D eigenvalue weighted by Crippen LogP contribution is -2.27. The van der Waals surface area contributed by atoms with E-state index in [0.717, 1.165) is 11.1 Å². The van der Waals surface area contributed by atoms with E-state index in [4.69, 9.17) is 16.2 Å². The summed E-state index contributed by atoms with van der Waals surface area (Å²) in [6.07, 6.45) is -0.533. The van der Waals surface area contributed by atoms with E-state index in [1.165, 1.54) is 0 Å². The lowest BCUT2D eigenvalue weighted by Gasteiger charge is -2.21. The Bertz CT molecular complexity index is 691. The summed E-state index contributed by atoms with van der Waals surface area (Å²) in [6.45, 7) is 5.42. The minimum absolute atomic E-state index is 0.533. The molecule has 0 atom stereocenters. The molecule has 2 aromatic rings. The average molecular weight is 299 g/mol. The maximum atomic E-state index is 12.0. The number of amides is 1. The van der Waals surface area contributed by atoms with E-state index in [1.807, 2.05) is 51.1 Å². The number of anilines is 3. The van der Waals surface area contributed by atoms with Gasteiger partial charge in [0.2, 0.25) is 0 Å². The molecule has 2 aromatic carbocycles. The number of rotatable bonds is 2. The number of carbonyl (C=O) groups is 1. The van der Waals surface area contributed by atoms with Crippen LogP contribution >= 0.6 is 0 Å². The first-order valence-corrected chi connectivity index (χ1v) is 7.01. The highest BCUT2D eigenvalue weighted by atomic mass is 16.6. The molecule has 0 spiro atoms. The van der Waals surface area contributed by atoms with Gasteiger partial charge in [0.1, 0.15) is 5.60 Å². The van der Waals surface area contributed by atoms with Gasteiger partial charge in [0.05, 0.1) is 5.69 Å². The van der Waals surface area contributed by atoms with Crippen molar-refractivity contribution < 1.29 is 9.53 Å². The first-order valence-electron chi connectivity index (χ1n) is 7.01. The third kappa shape index (κ3) is 3.91. The number of para-hydroxylation sites is 1. The molecular formula is C17H21N3O2. The zero-order valence-electron chi connectivity index (χ0n) is 13.0. The monoisotopic (exact) mass is 299 g/mol. The Morgan fingerprint density at radius 1 is 1.05 bits per heavy atom. The van der Waals surface area contributed by atoms with Crippen molar-refractivity contribution in [3.8, 4) is 11.1 Å². The largest absolute Gasteiger partial charge is 0.444 e. The molecular weight excluding hydrogens is 278 g/mol. The lowest BCUT2D eigenvalue weighted by atomic mass is 10.0. The van der Waals surface area contributed by atoms with Crippen LogP contribution in [0, 0.1) is 0 Å². The minimum Gasteiger partial charge on any atom is -0.444 e. The van der Waals surface area contributed by atoms with Crippen LogP contribution in [0.4, 0.5) is 21.9 Å². The Labute approximate surface area is 130 Å². The summed E-state index contributed by atoms with van der Waals surface area (Å²) in [4.78, 5) is 12.0. The summed E-state index contributed by atoms with van der Waals surface area (Å²) in [6, 6.07) is 12.7. The van der Waals surface area contributed by atoms with Crippen molar-refractivity contribution in [3.63, 3.8) is 0 Å². The standard InChI is InChI=1S/C17H21N3O2/c1-17(2,3)22-16(21)20-15-10-11(18)8-9-13(15)12-6-4-5-7-14(12)19/h4-10H,18-19H2,1-3H3,(H,20,21). The van der Waals surface area contributed by atoms with Gasteiger partial charge in [-0.05, 0) is 39.0 Å². The van der Waals surface area contributed by atoms with Gasteiger partial charge in [-0.15, -0.1) is 0 Å². The molecule has 0 aromatic heterocycles. The van der Waals surface area contributed by atoms with Crippen molar-refractivity contribution >= 4 is 23.2 Å². The SMILES string of the molecule is CC(C)(C)OC(=O)Nc1cc(N)ccc1-c1ccccc1N. The van der Waals surface area contributed by atoms with Gasteiger partial charge < -0.3 is 16.2 Å². The fraction of sp³-hybridized carbons (Fsp3) is 0.235. The van der Waals surface area contributed by atoms with E-state index in [0.29, 0.717) is 17.1 Å². The van der Waals surface area contributed by atoms with Gasteiger partial charge in [-0.1, -0.05) is 24.3 Å². The molecule has 0 saturated carbocycles. The Kier molecular flexibility index (Phi) is 4.26. The molecule has 0 aliphatic heterocycles. The van der Waals surface area contributed by atoms with E-state index >= 15 is 0 Å². The summed E-state index contributed by atoms with van der Waals surface area (Å²) >= 11 is 0. The highest BCUT2D eigenvalue weighted by molar-refractivity contribution is 5.95. The van der Waals surface area contributed by atoms with Crippen LogP contribution in [0.1, 0.15) is 20.8 Å². The lowest BCUT2D eigenvalue weighted by molar-refractivity contribution is 0.0636. The zero-order valence-corrected chi connectivity index (χ0v) is 13.0. The number of benzene rings is 2. The summed E-state index contributed by atoms with van der Waals surface area (Å²) in [7, 11) is 0. The van der Waals surface area contributed by atoms with Gasteiger partial charge >= 0.3 is 6.09 Å². The molecule has 5 nitrogen and oxygen atoms in total. The first kappa shape index (κ1) is 15.7. The minimum atomic E-state index is -0.573. The fourth-order valence-corrected chi connectivity index (χ4v) is 2.06. The second-order valence-corrected chi connectivity index (χ2v) is 6.02. The third-order valence-corrected chi connectivity index (χ3v) is 2.93. The van der Waals surface area contributed by atoms with Crippen LogP contribution in [0.5, 0.6) is 0 Å². The predicted octanol–water partition coefficient (Wildman–Crippen LogP) is 3.87. The molecule has 0 aliphatic carbocycles. The van der Waals surface area contributed by atoms with Crippen molar-refractivity contribution in [1.29, 1.82) is 0 Å². The summed E-state index contributed by atoms with van der Waals surface area (Å²) in [5, 5.41) is 2.74. The maximum Gasteiger partial charge on any atom is 0.412 e. The normalized spacial score (nSPS) is 11.0. The average Bonchev–Trinajstić information content (AvgIpc) is 2.38. The van der Waals surface area contributed by atoms with Crippen molar-refractivity contribution in [2.75, 3.05) is 16.8 Å². The Balaban J connectivity index is 2.37. The predicted molar refractivity (Wildman–Crippen MR) is 90.6 cm³/mol. The molecule has 0 heterocycles. The zero-order chi connectivity index (χ0) is 16.3. The van der Waals surface area contributed by atoms with Crippen molar-refractivity contribution in [3.05, 3.63) is 42.5 Å². The van der Waals surface area contributed by atoms with E-state index in [2.05, 4.69) is 5.32 Å². The van der Waals surface area contributed by atoms with Crippen LogP contribution in [-0.2, 0) is 4.74 Å². The molecule has 116 valence electrons. The number of ether oxygens (including phenoxy) is 1. The molecule has 5 heteroatoms. The van der Waals surface area contributed by atoms with Crippen LogP contribution in [0.25, 0.3) is 11.1 Å². The van der Waals surface area contributed by atoms with Gasteiger partial charge in [-0.25, -0.2) is 4.79 Å². The van der Waals surface area contributed by atoms with E-state index in [-0.39, 0.29) is 0 Å². The number of carbonyl (C=O) groups excluding carboxylic acids is 1. The van der Waals surface area contributed by atoms with Crippen LogP contribution in [0.3, 0.4) is 0 Å². The highest BCUT2D eigenvalue weighted by Crippen LogP contribution is 2.33. The van der Waals surface area contributed by atoms with Gasteiger partial charge in [0, 0.05) is 22.5 Å². The molecule has 5 N–H and O–H groups in total. The third-order valence-electron chi connectivity index (χ3n) is 2.93. The van der Waals surface area contributed by atoms with E-state index in [9.17, 15) is 4.79 Å². The summed E-state index contributed by atoms with van der Waals surface area (Å²) in [5.74, 6) is 0. The van der Waals surface area contributed by atoms with Crippen molar-refractivity contribution in [2.24, 2.45) is 0 Å². The Hall–Kier alpha value is -2.69. The molecule has 0 bridgehead atoms. The molecule has 1 amide bonds. The topological polar surface area (TPSA) is 90.4 Å². The fourth-order valence-electron chi connectivity index (χ4n) is 2.06. The number of nitrogen functional groups attached to an aromatic ring is 2. The van der Waals surface area contributed by atoms with Crippen molar-refractivity contribution in [2.45, 2.75) is 26.4 Å². The molecule has 0 radical (unpaired) electrons. The van der Waals surface area contributed by atoms with Crippen LogP contribution in [0.15, 0.2) is 42.5 Å². The van der Waals surface area contributed by atoms with Crippen LogP contribution in [0.2, 0.25) is 0 Å². The number of hydrogen-bond acceptors (Lipinski definition) is 4. The van der Waals surface area contributed by atoms with Gasteiger partial charge in [0.25, 0.3) is 0 Å². The molecule has 22 heavy (non-hydrogen) atoms. The van der Waals surface area contributed by atoms with Crippen molar-refractivity contribution in [1.82, 2.24) is 0 Å². The molecule has 0 saturated heterocycles. The number of nitrogens with two attached hydrogens (primary N) is 2. The summed E-state index contributed by atoms with van der Waals surface area (Å²) < 4.78 is 5.28. The van der Waals surface area contributed by atoms with Crippen LogP contribution in [-0.4, -0.2) is 11.7 Å². The van der Waals surface area contributed by atoms with E-state index < -0.39 is 11.7 Å². The second-order valence-electron chi connectivity index (χ2n) is 6.02. The maximum absolute atomic E-state index is 12.0. The molecule has 2 rings (SSSR count). The van der Waals surface area contributed by atoms with Crippen LogP contribution < -0.4 is 16.8 Å². The summed E-state index contributed by atoms with van der Waals surface area (Å²) in [5.41, 5.74) is 14.6. The first-order chi connectivity index (χ1) is 10.3. The highest BCUT2D eigenvalue weighted by Gasteiger charge is 2.18. The van der Waals surface area contributed by atoms with Gasteiger partial charge in [-0.2, -0.15) is 0 Å². The second kappa shape index (κ2) is 5.97. The molecule has 0 aliphatic rings. The molecule has 0 fully saturated rings. The van der Waals surface area contributed by atoms with Gasteiger partial charge in [-0.3, -0.25) is 5.32 Å². The number of hydrogen-bond donors (Lipinski definition) is 3. The Morgan fingerprint density at radius 3 is 2.36 bits per heavy atom. The molecule has 0 unspecified atom stereocenters. The number of nitrogens with one attached hydrogen (secondary N) is 1. The smallest absolute Gasteiger partial charge is 0.412 e. The Morgan fingerprint density at radius 2 is 1.73 bits per heavy atom.